The number of hydrogen-bond acceptors (Lipinski definition) is 5. The topological polar surface area (TPSA) is 69.5 Å². The number of carbonyl (C=O) groups excluding carboxylic acids is 1. The van der Waals surface area contributed by atoms with Gasteiger partial charge in [0, 0.05) is 37.3 Å². The molecule has 0 aliphatic carbocycles. The molecule has 6 heteroatoms. The number of pyridine rings is 1. The SMILES string of the molecule is COc1ccc([C@@H](C#N)N2CCN(C(=O)c3cc(C)nc4ccccc34)CC2)cc1. The summed E-state index contributed by atoms with van der Waals surface area (Å²) in [5.41, 5.74) is 3.30. The van der Waals surface area contributed by atoms with Gasteiger partial charge in [-0.3, -0.25) is 14.7 Å². The van der Waals surface area contributed by atoms with Crippen LogP contribution in [-0.2, 0) is 0 Å². The number of carbonyl (C=O) groups is 1. The maximum atomic E-state index is 13.3. The number of aryl methyl sites for hydroxylation is 1. The molecule has 6 nitrogen and oxygen atoms in total. The lowest BCUT2D eigenvalue weighted by Crippen LogP contribution is -2.49. The van der Waals surface area contributed by atoms with Gasteiger partial charge in [-0.15, -0.1) is 0 Å². The smallest absolute Gasteiger partial charge is 0.254 e. The molecule has 1 atom stereocenters. The lowest BCUT2D eigenvalue weighted by Gasteiger charge is -2.37. The maximum absolute atomic E-state index is 13.3. The van der Waals surface area contributed by atoms with E-state index in [1.54, 1.807) is 7.11 Å². The predicted octanol–water partition coefficient (Wildman–Crippen LogP) is 3.57. The third-order valence-electron chi connectivity index (χ3n) is 5.60. The Morgan fingerprint density at radius 1 is 1.10 bits per heavy atom. The molecule has 1 aliphatic rings. The number of fused-ring (bicyclic) bond motifs is 1. The summed E-state index contributed by atoms with van der Waals surface area (Å²) in [4.78, 5) is 21.8. The molecule has 0 saturated carbocycles. The van der Waals surface area contributed by atoms with Crippen LogP contribution in [0, 0.1) is 18.3 Å². The number of ether oxygens (including phenoxy) is 1. The number of piperazine rings is 1. The average Bonchev–Trinajstić information content (AvgIpc) is 2.79. The fourth-order valence-corrected chi connectivity index (χ4v) is 3.99. The van der Waals surface area contributed by atoms with Gasteiger partial charge in [-0.1, -0.05) is 30.3 Å². The fraction of sp³-hybridized carbons (Fsp3) is 0.292. The molecule has 2 heterocycles. The van der Waals surface area contributed by atoms with Crippen molar-refractivity contribution in [2.75, 3.05) is 33.3 Å². The Hall–Kier alpha value is -3.43. The van der Waals surface area contributed by atoms with Crippen LogP contribution in [0.25, 0.3) is 10.9 Å². The van der Waals surface area contributed by atoms with E-state index < -0.39 is 0 Å². The number of benzene rings is 2. The van der Waals surface area contributed by atoms with E-state index in [0.717, 1.165) is 27.9 Å². The monoisotopic (exact) mass is 400 g/mol. The van der Waals surface area contributed by atoms with E-state index >= 15 is 0 Å². The van der Waals surface area contributed by atoms with Crippen molar-refractivity contribution >= 4 is 16.8 Å². The van der Waals surface area contributed by atoms with Crippen LogP contribution >= 0.6 is 0 Å². The van der Waals surface area contributed by atoms with Crippen molar-refractivity contribution in [1.29, 1.82) is 5.26 Å². The Bertz CT molecular complexity index is 1100. The minimum absolute atomic E-state index is 0.0225. The van der Waals surface area contributed by atoms with Crippen LogP contribution in [0.2, 0.25) is 0 Å². The normalized spacial score (nSPS) is 15.6. The predicted molar refractivity (Wildman–Crippen MR) is 115 cm³/mol. The van der Waals surface area contributed by atoms with Gasteiger partial charge in [-0.2, -0.15) is 5.26 Å². The standard InChI is InChI=1S/C24H24N4O2/c1-17-15-21(20-5-3-4-6-22(20)26-17)24(29)28-13-11-27(12-14-28)23(16-25)18-7-9-19(30-2)10-8-18/h3-10,15,23H,11-14H2,1-2H3/t23-/m1/s1. The Morgan fingerprint density at radius 2 is 1.80 bits per heavy atom. The number of methoxy groups -OCH3 is 1. The molecule has 0 bridgehead atoms. The third-order valence-corrected chi connectivity index (χ3v) is 5.60. The zero-order valence-corrected chi connectivity index (χ0v) is 17.2. The van der Waals surface area contributed by atoms with Gasteiger partial charge in [0.2, 0.25) is 0 Å². The maximum Gasteiger partial charge on any atom is 0.254 e. The molecular formula is C24H24N4O2. The second kappa shape index (κ2) is 8.52. The van der Waals surface area contributed by atoms with Gasteiger partial charge in [0.1, 0.15) is 11.8 Å². The van der Waals surface area contributed by atoms with Crippen LogP contribution in [-0.4, -0.2) is 54.0 Å². The lowest BCUT2D eigenvalue weighted by atomic mass is 10.0. The van der Waals surface area contributed by atoms with Crippen LogP contribution in [0.3, 0.4) is 0 Å². The van der Waals surface area contributed by atoms with Crippen molar-refractivity contribution in [1.82, 2.24) is 14.8 Å². The van der Waals surface area contributed by atoms with Crippen molar-refractivity contribution in [3.05, 3.63) is 71.4 Å². The molecule has 1 saturated heterocycles. The molecule has 0 spiro atoms. The summed E-state index contributed by atoms with van der Waals surface area (Å²) < 4.78 is 5.20. The summed E-state index contributed by atoms with van der Waals surface area (Å²) in [5, 5.41) is 10.6. The van der Waals surface area contributed by atoms with Crippen molar-refractivity contribution in [2.24, 2.45) is 0 Å². The molecule has 3 aromatic rings. The highest BCUT2D eigenvalue weighted by Crippen LogP contribution is 2.25. The number of hydrogen-bond donors (Lipinski definition) is 0. The van der Waals surface area contributed by atoms with Crippen molar-refractivity contribution in [2.45, 2.75) is 13.0 Å². The molecule has 1 fully saturated rings. The van der Waals surface area contributed by atoms with E-state index in [9.17, 15) is 10.1 Å². The Kier molecular flexibility index (Phi) is 5.64. The third kappa shape index (κ3) is 3.85. The molecule has 2 aromatic carbocycles. The zero-order chi connectivity index (χ0) is 21.1. The van der Waals surface area contributed by atoms with Gasteiger partial charge in [-0.25, -0.2) is 0 Å². The molecular weight excluding hydrogens is 376 g/mol. The molecule has 4 rings (SSSR count). The fourth-order valence-electron chi connectivity index (χ4n) is 3.99. The summed E-state index contributed by atoms with van der Waals surface area (Å²) in [5.74, 6) is 0.792. The van der Waals surface area contributed by atoms with Crippen molar-refractivity contribution < 1.29 is 9.53 Å². The quantitative estimate of drug-likeness (QED) is 0.670. The van der Waals surface area contributed by atoms with Crippen LogP contribution in [0.5, 0.6) is 5.75 Å². The summed E-state index contributed by atoms with van der Waals surface area (Å²) in [6, 6.07) is 19.3. The number of nitriles is 1. The van der Waals surface area contributed by atoms with Gasteiger partial charge in [0.25, 0.3) is 5.91 Å². The van der Waals surface area contributed by atoms with Gasteiger partial charge in [0.15, 0.2) is 0 Å². The van der Waals surface area contributed by atoms with E-state index in [1.165, 1.54) is 0 Å². The number of amides is 1. The van der Waals surface area contributed by atoms with E-state index in [4.69, 9.17) is 4.74 Å². The van der Waals surface area contributed by atoms with Crippen molar-refractivity contribution in [3.8, 4) is 11.8 Å². The molecule has 0 radical (unpaired) electrons. The summed E-state index contributed by atoms with van der Waals surface area (Å²) in [6.07, 6.45) is 0. The van der Waals surface area contributed by atoms with Crippen LogP contribution in [0.15, 0.2) is 54.6 Å². The first kappa shape index (κ1) is 19.9. The van der Waals surface area contributed by atoms with Gasteiger partial charge < -0.3 is 9.64 Å². The summed E-state index contributed by atoms with van der Waals surface area (Å²) in [7, 11) is 1.63. The summed E-state index contributed by atoms with van der Waals surface area (Å²) in [6.45, 7) is 4.38. The second-order valence-electron chi connectivity index (χ2n) is 7.46. The van der Waals surface area contributed by atoms with Gasteiger partial charge in [0.05, 0.1) is 24.3 Å². The Balaban J connectivity index is 1.49. The molecule has 0 N–H and O–H groups in total. The van der Waals surface area contributed by atoms with Gasteiger partial charge >= 0.3 is 0 Å². The lowest BCUT2D eigenvalue weighted by molar-refractivity contribution is 0.0608. The van der Waals surface area contributed by atoms with E-state index in [2.05, 4.69) is 16.0 Å². The molecule has 1 amide bonds. The minimum Gasteiger partial charge on any atom is -0.497 e. The molecule has 152 valence electrons. The minimum atomic E-state index is -0.336. The molecule has 1 aliphatic heterocycles. The average molecular weight is 400 g/mol. The molecule has 30 heavy (non-hydrogen) atoms. The number of nitrogens with zero attached hydrogens (tertiary/aromatic N) is 4. The first-order valence-electron chi connectivity index (χ1n) is 10.0. The number of para-hydroxylation sites is 1. The van der Waals surface area contributed by atoms with Crippen LogP contribution in [0.4, 0.5) is 0 Å². The molecule has 1 aromatic heterocycles. The number of aromatic nitrogens is 1. The second-order valence-corrected chi connectivity index (χ2v) is 7.46. The summed E-state index contributed by atoms with van der Waals surface area (Å²) >= 11 is 0. The van der Waals surface area contributed by atoms with Crippen molar-refractivity contribution in [3.63, 3.8) is 0 Å². The van der Waals surface area contributed by atoms with E-state index in [0.29, 0.717) is 31.7 Å². The first-order chi connectivity index (χ1) is 14.6. The highest BCUT2D eigenvalue weighted by atomic mass is 16.5. The van der Waals surface area contributed by atoms with Gasteiger partial charge in [-0.05, 0) is 36.8 Å². The van der Waals surface area contributed by atoms with E-state index in [-0.39, 0.29) is 11.9 Å². The highest BCUT2D eigenvalue weighted by Gasteiger charge is 2.28. The van der Waals surface area contributed by atoms with Crippen LogP contribution < -0.4 is 4.74 Å². The number of rotatable bonds is 4. The Labute approximate surface area is 176 Å². The first-order valence-corrected chi connectivity index (χ1v) is 10.0. The highest BCUT2D eigenvalue weighted by molar-refractivity contribution is 6.06. The largest absolute Gasteiger partial charge is 0.497 e. The Morgan fingerprint density at radius 3 is 2.47 bits per heavy atom. The van der Waals surface area contributed by atoms with Crippen LogP contribution in [0.1, 0.15) is 27.7 Å². The zero-order valence-electron chi connectivity index (χ0n) is 17.2. The molecule has 0 unspecified atom stereocenters. The van der Waals surface area contributed by atoms with E-state index in [1.807, 2.05) is 66.4 Å².